The lowest BCUT2D eigenvalue weighted by atomic mass is 10.2. The Morgan fingerprint density at radius 2 is 2.35 bits per heavy atom. The van der Waals surface area contributed by atoms with E-state index in [0.717, 1.165) is 11.4 Å². The first-order valence-electron chi connectivity index (χ1n) is 5.50. The number of nitrogens with zero attached hydrogens (tertiary/aromatic N) is 2. The predicted molar refractivity (Wildman–Crippen MR) is 67.0 cm³/mol. The molecule has 1 aromatic heterocycles. The zero-order chi connectivity index (χ0) is 12.8. The lowest BCUT2D eigenvalue weighted by molar-refractivity contribution is 0.0702. The average Bonchev–Trinajstić information content (AvgIpc) is 2.76. The van der Waals surface area contributed by atoms with Crippen LogP contribution in [0.25, 0.3) is 0 Å². The first-order chi connectivity index (χ1) is 8.06. The van der Waals surface area contributed by atoms with Crippen LogP contribution in [0.15, 0.2) is 12.1 Å². The third kappa shape index (κ3) is 4.17. The lowest BCUT2D eigenvalue weighted by Crippen LogP contribution is -2.27. The second kappa shape index (κ2) is 6.38. The Hall–Kier alpha value is -1.38. The summed E-state index contributed by atoms with van der Waals surface area (Å²) < 4.78 is 0. The van der Waals surface area contributed by atoms with Crippen molar-refractivity contribution in [3.05, 3.63) is 21.9 Å². The van der Waals surface area contributed by atoms with Crippen molar-refractivity contribution in [2.45, 2.75) is 20.4 Å². The highest BCUT2D eigenvalue weighted by Crippen LogP contribution is 2.18. The maximum atomic E-state index is 10.7. The van der Waals surface area contributed by atoms with Crippen molar-refractivity contribution >= 4 is 17.3 Å². The first kappa shape index (κ1) is 13.7. The molecule has 0 bridgehead atoms. The number of nitriles is 1. The van der Waals surface area contributed by atoms with Gasteiger partial charge in [-0.25, -0.2) is 4.79 Å². The second-order valence-electron chi connectivity index (χ2n) is 3.93. The Kier molecular flexibility index (Phi) is 5.13. The summed E-state index contributed by atoms with van der Waals surface area (Å²) in [6, 6.07) is 5.68. The van der Waals surface area contributed by atoms with Gasteiger partial charge in [0, 0.05) is 18.0 Å². The van der Waals surface area contributed by atoms with Gasteiger partial charge in [0.15, 0.2) is 0 Å². The minimum Gasteiger partial charge on any atom is -0.477 e. The standard InChI is InChI=1S/C12H16N2O2S/c1-3-14(7-9(2)6-13)8-10-4-5-11(17-10)12(15)16/h4-5,9H,3,7-8H2,1-2H3,(H,15,16). The molecule has 17 heavy (non-hydrogen) atoms. The predicted octanol–water partition coefficient (Wildman–Crippen LogP) is 2.43. The van der Waals surface area contributed by atoms with Crippen LogP contribution in [0.5, 0.6) is 0 Å². The van der Waals surface area contributed by atoms with Crippen LogP contribution in [0.2, 0.25) is 0 Å². The van der Waals surface area contributed by atoms with Gasteiger partial charge in [-0.2, -0.15) is 5.26 Å². The van der Waals surface area contributed by atoms with Gasteiger partial charge in [-0.1, -0.05) is 6.92 Å². The molecule has 4 nitrogen and oxygen atoms in total. The van der Waals surface area contributed by atoms with E-state index in [0.29, 0.717) is 18.0 Å². The largest absolute Gasteiger partial charge is 0.477 e. The Labute approximate surface area is 105 Å². The van der Waals surface area contributed by atoms with Gasteiger partial charge in [-0.15, -0.1) is 11.3 Å². The minimum atomic E-state index is -0.880. The lowest BCUT2D eigenvalue weighted by Gasteiger charge is -2.20. The van der Waals surface area contributed by atoms with Crippen molar-refractivity contribution in [1.29, 1.82) is 5.26 Å². The van der Waals surface area contributed by atoms with Crippen LogP contribution in [0, 0.1) is 17.2 Å². The van der Waals surface area contributed by atoms with E-state index in [2.05, 4.69) is 11.0 Å². The summed E-state index contributed by atoms with van der Waals surface area (Å²) >= 11 is 1.30. The van der Waals surface area contributed by atoms with E-state index in [4.69, 9.17) is 10.4 Å². The Morgan fingerprint density at radius 3 is 2.82 bits per heavy atom. The van der Waals surface area contributed by atoms with E-state index < -0.39 is 5.97 Å². The topological polar surface area (TPSA) is 64.3 Å². The fourth-order valence-corrected chi connectivity index (χ4v) is 2.42. The van der Waals surface area contributed by atoms with Crippen LogP contribution < -0.4 is 0 Å². The van der Waals surface area contributed by atoms with Crippen molar-refractivity contribution in [2.75, 3.05) is 13.1 Å². The zero-order valence-corrected chi connectivity index (χ0v) is 10.8. The summed E-state index contributed by atoms with van der Waals surface area (Å²) in [6.07, 6.45) is 0. The van der Waals surface area contributed by atoms with Crippen molar-refractivity contribution in [3.63, 3.8) is 0 Å². The zero-order valence-electron chi connectivity index (χ0n) is 10.0. The molecule has 0 spiro atoms. The van der Waals surface area contributed by atoms with Crippen molar-refractivity contribution in [2.24, 2.45) is 5.92 Å². The maximum absolute atomic E-state index is 10.7. The van der Waals surface area contributed by atoms with Gasteiger partial charge >= 0.3 is 5.97 Å². The van der Waals surface area contributed by atoms with Gasteiger partial charge in [0.25, 0.3) is 0 Å². The van der Waals surface area contributed by atoms with Gasteiger partial charge in [0.1, 0.15) is 4.88 Å². The number of thiophene rings is 1. The molecule has 0 aromatic carbocycles. The smallest absolute Gasteiger partial charge is 0.345 e. The summed E-state index contributed by atoms with van der Waals surface area (Å²) in [4.78, 5) is 14.3. The molecule has 1 aromatic rings. The molecule has 1 N–H and O–H groups in total. The third-order valence-corrected chi connectivity index (χ3v) is 3.51. The normalized spacial score (nSPS) is 12.4. The molecular weight excluding hydrogens is 236 g/mol. The Bertz CT molecular complexity index is 422. The van der Waals surface area contributed by atoms with Crippen LogP contribution in [-0.2, 0) is 6.54 Å². The molecule has 0 fully saturated rings. The van der Waals surface area contributed by atoms with Crippen LogP contribution >= 0.6 is 11.3 Å². The van der Waals surface area contributed by atoms with Gasteiger partial charge < -0.3 is 5.11 Å². The quantitative estimate of drug-likeness (QED) is 0.844. The number of hydrogen-bond acceptors (Lipinski definition) is 4. The number of hydrogen-bond donors (Lipinski definition) is 1. The molecule has 0 amide bonds. The molecule has 1 atom stereocenters. The van der Waals surface area contributed by atoms with E-state index >= 15 is 0 Å². The van der Waals surface area contributed by atoms with E-state index in [1.54, 1.807) is 6.07 Å². The van der Waals surface area contributed by atoms with E-state index in [-0.39, 0.29) is 5.92 Å². The first-order valence-corrected chi connectivity index (χ1v) is 6.32. The monoisotopic (exact) mass is 252 g/mol. The molecule has 0 radical (unpaired) electrons. The number of rotatable bonds is 6. The summed E-state index contributed by atoms with van der Waals surface area (Å²) in [7, 11) is 0. The maximum Gasteiger partial charge on any atom is 0.345 e. The highest BCUT2D eigenvalue weighted by molar-refractivity contribution is 7.13. The van der Waals surface area contributed by atoms with Crippen LogP contribution in [0.3, 0.4) is 0 Å². The molecular formula is C12H16N2O2S. The molecule has 1 unspecified atom stereocenters. The molecule has 0 saturated heterocycles. The van der Waals surface area contributed by atoms with E-state index in [1.807, 2.05) is 19.9 Å². The summed E-state index contributed by atoms with van der Waals surface area (Å²) in [5.74, 6) is -0.886. The Morgan fingerprint density at radius 1 is 1.65 bits per heavy atom. The molecule has 0 aliphatic heterocycles. The van der Waals surface area contributed by atoms with Crippen LogP contribution in [-0.4, -0.2) is 29.1 Å². The van der Waals surface area contributed by atoms with E-state index in [9.17, 15) is 4.79 Å². The van der Waals surface area contributed by atoms with Gasteiger partial charge in [0.05, 0.1) is 12.0 Å². The summed E-state index contributed by atoms with van der Waals surface area (Å²) in [5.41, 5.74) is 0. The molecule has 92 valence electrons. The highest BCUT2D eigenvalue weighted by Gasteiger charge is 2.12. The minimum absolute atomic E-state index is 0.00569. The third-order valence-electron chi connectivity index (χ3n) is 2.45. The SMILES string of the molecule is CCN(Cc1ccc(C(=O)O)s1)CC(C)C#N. The molecule has 0 aliphatic rings. The number of carbonyl (C=O) groups is 1. The molecule has 5 heteroatoms. The van der Waals surface area contributed by atoms with Crippen molar-refractivity contribution < 1.29 is 9.90 Å². The molecule has 0 saturated carbocycles. The molecule has 1 heterocycles. The number of carboxylic acid groups (broad SMARTS) is 1. The average molecular weight is 252 g/mol. The van der Waals surface area contributed by atoms with Gasteiger partial charge in [-0.3, -0.25) is 4.90 Å². The number of aromatic carboxylic acids is 1. The van der Waals surface area contributed by atoms with Gasteiger partial charge in [0.2, 0.25) is 0 Å². The summed E-state index contributed by atoms with van der Waals surface area (Å²) in [6.45, 7) is 6.20. The van der Waals surface area contributed by atoms with Crippen LogP contribution in [0.1, 0.15) is 28.4 Å². The van der Waals surface area contributed by atoms with Gasteiger partial charge in [-0.05, 0) is 25.6 Å². The van der Waals surface area contributed by atoms with E-state index in [1.165, 1.54) is 11.3 Å². The van der Waals surface area contributed by atoms with Crippen molar-refractivity contribution in [3.8, 4) is 6.07 Å². The highest BCUT2D eigenvalue weighted by atomic mass is 32.1. The van der Waals surface area contributed by atoms with Crippen LogP contribution in [0.4, 0.5) is 0 Å². The fraction of sp³-hybridized carbons (Fsp3) is 0.500. The second-order valence-corrected chi connectivity index (χ2v) is 5.10. The Balaban J connectivity index is 2.61. The summed E-state index contributed by atoms with van der Waals surface area (Å²) in [5, 5.41) is 17.6. The molecule has 0 aliphatic carbocycles. The molecule has 1 rings (SSSR count). The number of carboxylic acids is 1. The fourth-order valence-electron chi connectivity index (χ4n) is 1.53. The van der Waals surface area contributed by atoms with Crippen molar-refractivity contribution in [1.82, 2.24) is 4.90 Å².